The highest BCUT2D eigenvalue weighted by Gasteiger charge is 2.18. The van der Waals surface area contributed by atoms with Crippen molar-refractivity contribution in [3.05, 3.63) is 70.0 Å². The molecule has 1 aromatic heterocycles. The van der Waals surface area contributed by atoms with E-state index in [2.05, 4.69) is 14.8 Å². The first-order chi connectivity index (χ1) is 12.2. The van der Waals surface area contributed by atoms with Gasteiger partial charge in [-0.15, -0.1) is 5.10 Å². The summed E-state index contributed by atoms with van der Waals surface area (Å²) in [5.41, 5.74) is 0.777. The van der Waals surface area contributed by atoms with Crippen LogP contribution in [0.5, 0.6) is 0 Å². The Labute approximate surface area is 157 Å². The minimum absolute atomic E-state index is 0.213. The van der Waals surface area contributed by atoms with E-state index >= 15 is 0 Å². The molecule has 26 heavy (non-hydrogen) atoms. The summed E-state index contributed by atoms with van der Waals surface area (Å²) in [6, 6.07) is 7.25. The van der Waals surface area contributed by atoms with Gasteiger partial charge in [0, 0.05) is 0 Å². The van der Waals surface area contributed by atoms with Crippen LogP contribution in [0.15, 0.2) is 47.6 Å². The fourth-order valence-corrected chi connectivity index (χ4v) is 3.34. The third-order valence-corrected chi connectivity index (χ3v) is 5.36. The minimum atomic E-state index is -4.16. The van der Waals surface area contributed by atoms with Crippen LogP contribution in [-0.4, -0.2) is 23.2 Å². The third-order valence-electron chi connectivity index (χ3n) is 3.29. The Hall–Kier alpha value is -2.23. The standard InChI is InChI=1S/C15H10Cl2F2N4O2S/c16-11-3-1-9(5-12(11)17)7-23-8-20-15(21-23)22-26(24,25)10-2-4-13(18)14(19)6-10/h1-6,8H,7H2,(H,21,22). The molecule has 3 rings (SSSR count). The summed E-state index contributed by atoms with van der Waals surface area (Å²) in [6.45, 7) is 0.275. The van der Waals surface area contributed by atoms with Crippen LogP contribution in [0.25, 0.3) is 0 Å². The van der Waals surface area contributed by atoms with Gasteiger partial charge in [-0.2, -0.15) is 4.98 Å². The predicted molar refractivity (Wildman–Crippen MR) is 92.8 cm³/mol. The van der Waals surface area contributed by atoms with Crippen molar-refractivity contribution >= 4 is 39.2 Å². The van der Waals surface area contributed by atoms with Gasteiger partial charge in [0.15, 0.2) is 11.6 Å². The summed E-state index contributed by atoms with van der Waals surface area (Å²) in [4.78, 5) is 3.39. The molecule has 11 heteroatoms. The zero-order valence-electron chi connectivity index (χ0n) is 12.8. The summed E-state index contributed by atoms with van der Waals surface area (Å²) in [5, 5.41) is 4.77. The highest BCUT2D eigenvalue weighted by atomic mass is 35.5. The van der Waals surface area contributed by atoms with Crippen molar-refractivity contribution in [1.82, 2.24) is 14.8 Å². The highest BCUT2D eigenvalue weighted by Crippen LogP contribution is 2.23. The summed E-state index contributed by atoms with van der Waals surface area (Å²) >= 11 is 11.8. The van der Waals surface area contributed by atoms with Crippen LogP contribution < -0.4 is 4.72 Å². The molecule has 0 bridgehead atoms. The maximum atomic E-state index is 13.2. The smallest absolute Gasteiger partial charge is 0.246 e. The molecule has 136 valence electrons. The van der Waals surface area contributed by atoms with Gasteiger partial charge in [-0.25, -0.2) is 26.6 Å². The molecule has 0 unspecified atom stereocenters. The lowest BCUT2D eigenvalue weighted by atomic mass is 10.2. The first-order valence-corrected chi connectivity index (χ1v) is 9.30. The van der Waals surface area contributed by atoms with E-state index in [0.717, 1.165) is 17.7 Å². The number of benzene rings is 2. The number of halogens is 4. The quantitative estimate of drug-likeness (QED) is 0.684. The summed E-state index contributed by atoms with van der Waals surface area (Å²) in [5.74, 6) is -2.63. The second-order valence-corrected chi connectivity index (χ2v) is 7.69. The van der Waals surface area contributed by atoms with Crippen molar-refractivity contribution in [2.45, 2.75) is 11.4 Å². The fourth-order valence-electron chi connectivity index (χ4n) is 2.07. The lowest BCUT2D eigenvalue weighted by molar-refractivity contribution is 0.504. The van der Waals surface area contributed by atoms with Crippen molar-refractivity contribution in [1.29, 1.82) is 0 Å². The van der Waals surface area contributed by atoms with E-state index in [-0.39, 0.29) is 12.5 Å². The molecule has 0 spiro atoms. The number of nitrogens with one attached hydrogen (secondary N) is 1. The molecule has 6 nitrogen and oxygen atoms in total. The van der Waals surface area contributed by atoms with Crippen molar-refractivity contribution < 1.29 is 17.2 Å². The third kappa shape index (κ3) is 4.12. The zero-order valence-corrected chi connectivity index (χ0v) is 15.2. The van der Waals surface area contributed by atoms with Crippen molar-refractivity contribution in [3.8, 4) is 0 Å². The summed E-state index contributed by atoms with van der Waals surface area (Å²) < 4.78 is 54.0. The molecule has 0 saturated heterocycles. The molecule has 1 N–H and O–H groups in total. The number of aromatic nitrogens is 3. The molecular weight excluding hydrogens is 409 g/mol. The van der Waals surface area contributed by atoms with E-state index < -0.39 is 26.6 Å². The van der Waals surface area contributed by atoms with E-state index in [9.17, 15) is 17.2 Å². The Balaban J connectivity index is 1.76. The Morgan fingerprint density at radius 3 is 2.50 bits per heavy atom. The van der Waals surface area contributed by atoms with Gasteiger partial charge < -0.3 is 0 Å². The number of sulfonamides is 1. The van der Waals surface area contributed by atoms with Crippen molar-refractivity contribution in [2.24, 2.45) is 0 Å². The van der Waals surface area contributed by atoms with E-state index in [1.807, 2.05) is 0 Å². The first-order valence-electron chi connectivity index (χ1n) is 7.06. The number of hydrogen-bond donors (Lipinski definition) is 1. The topological polar surface area (TPSA) is 76.9 Å². The van der Waals surface area contributed by atoms with Crippen LogP contribution in [-0.2, 0) is 16.6 Å². The minimum Gasteiger partial charge on any atom is -0.246 e. The number of anilines is 1. The second kappa shape index (κ2) is 7.18. The Morgan fingerprint density at radius 1 is 1.04 bits per heavy atom. The van der Waals surface area contributed by atoms with Gasteiger partial charge in [0.2, 0.25) is 0 Å². The average molecular weight is 419 g/mol. The lowest BCUT2D eigenvalue weighted by Crippen LogP contribution is -2.15. The molecule has 0 aliphatic rings. The van der Waals surface area contributed by atoms with E-state index in [4.69, 9.17) is 23.2 Å². The Bertz CT molecular complexity index is 1070. The lowest BCUT2D eigenvalue weighted by Gasteiger charge is -2.05. The van der Waals surface area contributed by atoms with Gasteiger partial charge in [0.05, 0.1) is 21.5 Å². The van der Waals surface area contributed by atoms with Crippen LogP contribution in [0.3, 0.4) is 0 Å². The van der Waals surface area contributed by atoms with Gasteiger partial charge in [0.25, 0.3) is 16.0 Å². The normalized spacial score (nSPS) is 11.5. The SMILES string of the molecule is O=S(=O)(Nc1ncn(Cc2ccc(Cl)c(Cl)c2)n1)c1ccc(F)c(F)c1. The van der Waals surface area contributed by atoms with E-state index in [0.29, 0.717) is 16.1 Å². The molecule has 0 amide bonds. The van der Waals surface area contributed by atoms with Gasteiger partial charge in [0.1, 0.15) is 6.33 Å². The molecular formula is C15H10Cl2F2N4O2S. The van der Waals surface area contributed by atoms with Gasteiger partial charge in [-0.1, -0.05) is 29.3 Å². The van der Waals surface area contributed by atoms with Crippen LogP contribution >= 0.6 is 23.2 Å². The Kier molecular flexibility index (Phi) is 5.12. The number of nitrogens with zero attached hydrogens (tertiary/aromatic N) is 3. The van der Waals surface area contributed by atoms with Crippen LogP contribution in [0, 0.1) is 11.6 Å². The molecule has 0 radical (unpaired) electrons. The van der Waals surface area contributed by atoms with Gasteiger partial charge >= 0.3 is 0 Å². The Morgan fingerprint density at radius 2 is 1.81 bits per heavy atom. The monoisotopic (exact) mass is 418 g/mol. The number of hydrogen-bond acceptors (Lipinski definition) is 4. The molecule has 3 aromatic rings. The maximum absolute atomic E-state index is 13.2. The molecule has 2 aromatic carbocycles. The van der Waals surface area contributed by atoms with Crippen molar-refractivity contribution in [2.75, 3.05) is 4.72 Å². The zero-order chi connectivity index (χ0) is 18.9. The van der Waals surface area contributed by atoms with Crippen LogP contribution in [0.1, 0.15) is 5.56 Å². The van der Waals surface area contributed by atoms with Crippen molar-refractivity contribution in [3.63, 3.8) is 0 Å². The molecule has 1 heterocycles. The average Bonchev–Trinajstić information content (AvgIpc) is 2.99. The number of rotatable bonds is 5. The first kappa shape index (κ1) is 18.6. The summed E-state index contributed by atoms with van der Waals surface area (Å²) in [7, 11) is -4.16. The van der Waals surface area contributed by atoms with E-state index in [1.54, 1.807) is 18.2 Å². The molecule has 0 fully saturated rings. The fraction of sp³-hybridized carbons (Fsp3) is 0.0667. The molecule has 0 saturated carbocycles. The summed E-state index contributed by atoms with van der Waals surface area (Å²) in [6.07, 6.45) is 1.31. The highest BCUT2D eigenvalue weighted by molar-refractivity contribution is 7.92. The van der Waals surface area contributed by atoms with Crippen LogP contribution in [0.2, 0.25) is 10.0 Å². The second-order valence-electron chi connectivity index (χ2n) is 5.20. The van der Waals surface area contributed by atoms with Gasteiger partial charge in [-0.3, -0.25) is 0 Å². The molecule has 0 aliphatic carbocycles. The molecule has 0 atom stereocenters. The largest absolute Gasteiger partial charge is 0.264 e. The van der Waals surface area contributed by atoms with Crippen LogP contribution in [0.4, 0.5) is 14.7 Å². The molecule has 0 aliphatic heterocycles. The maximum Gasteiger partial charge on any atom is 0.264 e. The van der Waals surface area contributed by atoms with Gasteiger partial charge in [-0.05, 0) is 35.9 Å². The van der Waals surface area contributed by atoms with E-state index in [1.165, 1.54) is 11.0 Å². The predicted octanol–water partition coefficient (Wildman–Crippen LogP) is 3.71.